The second kappa shape index (κ2) is 6.33. The van der Waals surface area contributed by atoms with Gasteiger partial charge in [0, 0.05) is 32.4 Å². The number of rotatable bonds is 4. The van der Waals surface area contributed by atoms with E-state index in [1.165, 1.54) is 0 Å². The molecule has 0 aromatic carbocycles. The molecule has 1 aromatic rings. The second-order valence-corrected chi connectivity index (χ2v) is 4.34. The summed E-state index contributed by atoms with van der Waals surface area (Å²) in [6.07, 6.45) is 1.66. The van der Waals surface area contributed by atoms with Crippen molar-refractivity contribution < 1.29 is 9.53 Å². The molecule has 0 atom stereocenters. The Hall–Kier alpha value is -1.89. The molecular formula is C12H19N5O2. The molecule has 7 nitrogen and oxygen atoms in total. The van der Waals surface area contributed by atoms with E-state index < -0.39 is 0 Å². The lowest BCUT2D eigenvalue weighted by Gasteiger charge is -2.34. The van der Waals surface area contributed by atoms with E-state index >= 15 is 0 Å². The first-order chi connectivity index (χ1) is 9.19. The van der Waals surface area contributed by atoms with Crippen molar-refractivity contribution in [2.45, 2.75) is 6.92 Å². The zero-order valence-corrected chi connectivity index (χ0v) is 11.1. The molecule has 19 heavy (non-hydrogen) atoms. The van der Waals surface area contributed by atoms with Crippen molar-refractivity contribution in [1.29, 1.82) is 0 Å². The van der Waals surface area contributed by atoms with Crippen LogP contribution in [0.25, 0.3) is 0 Å². The Labute approximate surface area is 112 Å². The first-order valence-corrected chi connectivity index (χ1v) is 6.40. The highest BCUT2D eigenvalue weighted by molar-refractivity contribution is 5.71. The largest absolute Gasteiger partial charge is 0.465 e. The van der Waals surface area contributed by atoms with Crippen LogP contribution in [-0.2, 0) is 9.53 Å². The molecule has 1 fully saturated rings. The molecule has 0 aliphatic carbocycles. The zero-order valence-electron chi connectivity index (χ0n) is 11.1. The number of hydrogen-bond acceptors (Lipinski definition) is 7. The van der Waals surface area contributed by atoms with E-state index in [0.717, 1.165) is 32.0 Å². The van der Waals surface area contributed by atoms with E-state index in [-0.39, 0.29) is 11.9 Å². The Morgan fingerprint density at radius 1 is 1.42 bits per heavy atom. The van der Waals surface area contributed by atoms with E-state index in [1.54, 1.807) is 6.20 Å². The predicted octanol–water partition coefficient (Wildman–Crippen LogP) is -0.256. The highest BCUT2D eigenvalue weighted by Crippen LogP contribution is 2.13. The summed E-state index contributed by atoms with van der Waals surface area (Å²) in [4.78, 5) is 23.7. The Kier molecular flexibility index (Phi) is 4.51. The summed E-state index contributed by atoms with van der Waals surface area (Å²) in [5.74, 6) is 0.956. The summed E-state index contributed by atoms with van der Waals surface area (Å²) in [6.45, 7) is 5.85. The summed E-state index contributed by atoms with van der Waals surface area (Å²) >= 11 is 0. The van der Waals surface area contributed by atoms with Gasteiger partial charge >= 0.3 is 5.97 Å². The van der Waals surface area contributed by atoms with Crippen LogP contribution in [0.5, 0.6) is 0 Å². The molecule has 7 heteroatoms. The topological polar surface area (TPSA) is 84.6 Å². The Bertz CT molecular complexity index is 432. The van der Waals surface area contributed by atoms with Crippen molar-refractivity contribution >= 4 is 17.7 Å². The maximum atomic E-state index is 11.4. The molecule has 2 rings (SSSR count). The third-order valence-corrected chi connectivity index (χ3v) is 3.01. The highest BCUT2D eigenvalue weighted by atomic mass is 16.5. The third kappa shape index (κ3) is 3.78. The zero-order chi connectivity index (χ0) is 13.7. The lowest BCUT2D eigenvalue weighted by Crippen LogP contribution is -2.48. The van der Waals surface area contributed by atoms with Crippen molar-refractivity contribution in [3.05, 3.63) is 12.3 Å². The van der Waals surface area contributed by atoms with Gasteiger partial charge in [-0.2, -0.15) is 4.98 Å². The van der Waals surface area contributed by atoms with E-state index in [2.05, 4.69) is 19.8 Å². The fraction of sp³-hybridized carbons (Fsp3) is 0.583. The second-order valence-electron chi connectivity index (χ2n) is 4.34. The quantitative estimate of drug-likeness (QED) is 0.751. The van der Waals surface area contributed by atoms with Gasteiger partial charge < -0.3 is 15.4 Å². The molecule has 2 N–H and O–H groups in total. The first-order valence-electron chi connectivity index (χ1n) is 6.40. The van der Waals surface area contributed by atoms with Crippen LogP contribution in [0.3, 0.4) is 0 Å². The highest BCUT2D eigenvalue weighted by Gasteiger charge is 2.20. The van der Waals surface area contributed by atoms with Gasteiger partial charge in [0.1, 0.15) is 5.82 Å². The minimum absolute atomic E-state index is 0.165. The molecule has 0 radical (unpaired) electrons. The molecule has 1 aliphatic rings. The van der Waals surface area contributed by atoms with E-state index in [0.29, 0.717) is 13.2 Å². The van der Waals surface area contributed by atoms with Crippen molar-refractivity contribution in [2.75, 3.05) is 50.0 Å². The van der Waals surface area contributed by atoms with Gasteiger partial charge in [-0.1, -0.05) is 0 Å². The van der Waals surface area contributed by atoms with Crippen LogP contribution in [0, 0.1) is 0 Å². The molecular weight excluding hydrogens is 246 g/mol. The van der Waals surface area contributed by atoms with Gasteiger partial charge in [0.2, 0.25) is 5.95 Å². The lowest BCUT2D eigenvalue weighted by atomic mass is 10.3. The molecule has 0 unspecified atom stereocenters. The number of nitrogens with two attached hydrogens (primary N) is 1. The fourth-order valence-electron chi connectivity index (χ4n) is 2.06. The molecule has 0 saturated carbocycles. The minimum atomic E-state index is -0.165. The standard InChI is InChI=1S/C12H19N5O2/c1-2-19-11(18)9-16-5-7-17(8-6-16)10-3-4-14-12(13)15-10/h3-4H,2,5-9H2,1H3,(H2,13,14,15). The van der Waals surface area contributed by atoms with Gasteiger partial charge in [-0.15, -0.1) is 0 Å². The van der Waals surface area contributed by atoms with Gasteiger partial charge in [0.15, 0.2) is 0 Å². The van der Waals surface area contributed by atoms with Crippen molar-refractivity contribution in [3.63, 3.8) is 0 Å². The molecule has 0 bridgehead atoms. The van der Waals surface area contributed by atoms with Crippen LogP contribution in [-0.4, -0.2) is 60.2 Å². The van der Waals surface area contributed by atoms with Gasteiger partial charge in [-0.05, 0) is 13.0 Å². The Balaban J connectivity index is 1.84. The maximum absolute atomic E-state index is 11.4. The molecule has 2 heterocycles. The predicted molar refractivity (Wildman–Crippen MR) is 71.7 cm³/mol. The number of nitrogens with zero attached hydrogens (tertiary/aromatic N) is 4. The van der Waals surface area contributed by atoms with Crippen LogP contribution in [0.15, 0.2) is 12.3 Å². The van der Waals surface area contributed by atoms with Gasteiger partial charge in [-0.25, -0.2) is 4.98 Å². The van der Waals surface area contributed by atoms with Gasteiger partial charge in [0.05, 0.1) is 13.2 Å². The number of aromatic nitrogens is 2. The molecule has 1 saturated heterocycles. The Morgan fingerprint density at radius 2 is 2.16 bits per heavy atom. The van der Waals surface area contributed by atoms with Gasteiger partial charge in [-0.3, -0.25) is 9.69 Å². The average molecular weight is 265 g/mol. The van der Waals surface area contributed by atoms with E-state index in [9.17, 15) is 4.79 Å². The van der Waals surface area contributed by atoms with E-state index in [1.807, 2.05) is 13.0 Å². The van der Waals surface area contributed by atoms with Crippen molar-refractivity contribution in [2.24, 2.45) is 0 Å². The summed E-state index contributed by atoms with van der Waals surface area (Å²) in [6, 6.07) is 1.84. The van der Waals surface area contributed by atoms with Crippen LogP contribution in [0.4, 0.5) is 11.8 Å². The monoisotopic (exact) mass is 265 g/mol. The summed E-state index contributed by atoms with van der Waals surface area (Å²) in [7, 11) is 0. The third-order valence-electron chi connectivity index (χ3n) is 3.01. The number of carbonyl (C=O) groups is 1. The van der Waals surface area contributed by atoms with Crippen LogP contribution < -0.4 is 10.6 Å². The van der Waals surface area contributed by atoms with Gasteiger partial charge in [0.25, 0.3) is 0 Å². The molecule has 104 valence electrons. The first kappa shape index (κ1) is 13.5. The number of nitrogen functional groups attached to an aromatic ring is 1. The maximum Gasteiger partial charge on any atom is 0.320 e. The summed E-state index contributed by atoms with van der Waals surface area (Å²) < 4.78 is 4.94. The normalized spacial score (nSPS) is 16.4. The number of ether oxygens (including phenoxy) is 1. The number of carbonyl (C=O) groups excluding carboxylic acids is 1. The minimum Gasteiger partial charge on any atom is -0.465 e. The number of esters is 1. The van der Waals surface area contributed by atoms with Crippen LogP contribution >= 0.6 is 0 Å². The number of piperazine rings is 1. The lowest BCUT2D eigenvalue weighted by molar-refractivity contribution is -0.144. The molecule has 1 aliphatic heterocycles. The van der Waals surface area contributed by atoms with Crippen LogP contribution in [0.2, 0.25) is 0 Å². The average Bonchev–Trinajstić information content (AvgIpc) is 2.40. The Morgan fingerprint density at radius 3 is 2.79 bits per heavy atom. The SMILES string of the molecule is CCOC(=O)CN1CCN(c2ccnc(N)n2)CC1. The summed E-state index contributed by atoms with van der Waals surface area (Å²) in [5, 5.41) is 0. The van der Waals surface area contributed by atoms with Crippen molar-refractivity contribution in [1.82, 2.24) is 14.9 Å². The van der Waals surface area contributed by atoms with Crippen LogP contribution in [0.1, 0.15) is 6.92 Å². The number of hydrogen-bond donors (Lipinski definition) is 1. The smallest absolute Gasteiger partial charge is 0.320 e. The molecule has 0 spiro atoms. The fourth-order valence-corrected chi connectivity index (χ4v) is 2.06. The summed E-state index contributed by atoms with van der Waals surface area (Å²) in [5.41, 5.74) is 5.57. The molecule has 1 aromatic heterocycles. The molecule has 0 amide bonds. The van der Waals surface area contributed by atoms with E-state index in [4.69, 9.17) is 10.5 Å². The number of anilines is 2. The van der Waals surface area contributed by atoms with Crippen molar-refractivity contribution in [3.8, 4) is 0 Å².